The van der Waals surface area contributed by atoms with E-state index in [1.54, 1.807) is 18.5 Å². The van der Waals surface area contributed by atoms with E-state index in [0.717, 1.165) is 11.3 Å². The molecule has 0 radical (unpaired) electrons. The highest BCUT2D eigenvalue weighted by Crippen LogP contribution is 2.18. The standard InChI is InChI=1S/C23H23FN4O/c1-16(2)18-5-4-8-21(14-18)27-23(26-15-17-9-11-25-12-10-17)28-22(29)19-6-3-7-20(24)13-19/h3-14,16H,15H2,1-2H3,(H2,26,27,28,29). The molecular weight excluding hydrogens is 367 g/mol. The van der Waals surface area contributed by atoms with Gasteiger partial charge in [-0.1, -0.05) is 32.0 Å². The Balaban J connectivity index is 1.83. The Morgan fingerprint density at radius 2 is 1.83 bits per heavy atom. The van der Waals surface area contributed by atoms with Crippen molar-refractivity contribution in [1.29, 1.82) is 0 Å². The van der Waals surface area contributed by atoms with Crippen molar-refractivity contribution in [2.45, 2.75) is 26.3 Å². The first kappa shape index (κ1) is 20.2. The summed E-state index contributed by atoms with van der Waals surface area (Å²) in [7, 11) is 0. The normalized spacial score (nSPS) is 11.4. The fourth-order valence-corrected chi connectivity index (χ4v) is 2.69. The number of benzene rings is 2. The maximum absolute atomic E-state index is 13.5. The van der Waals surface area contributed by atoms with Crippen molar-refractivity contribution in [3.63, 3.8) is 0 Å². The molecule has 1 heterocycles. The van der Waals surface area contributed by atoms with E-state index in [0.29, 0.717) is 12.5 Å². The summed E-state index contributed by atoms with van der Waals surface area (Å²) in [6.07, 6.45) is 3.38. The van der Waals surface area contributed by atoms with Crippen LogP contribution in [0.3, 0.4) is 0 Å². The highest BCUT2D eigenvalue weighted by Gasteiger charge is 2.11. The van der Waals surface area contributed by atoms with Crippen molar-refractivity contribution in [2.75, 3.05) is 5.32 Å². The number of aromatic nitrogens is 1. The maximum Gasteiger partial charge on any atom is 0.258 e. The van der Waals surface area contributed by atoms with E-state index in [9.17, 15) is 9.18 Å². The summed E-state index contributed by atoms with van der Waals surface area (Å²) in [6, 6.07) is 17.2. The fourth-order valence-electron chi connectivity index (χ4n) is 2.69. The van der Waals surface area contributed by atoms with Gasteiger partial charge in [-0.15, -0.1) is 0 Å². The minimum atomic E-state index is -0.467. The fraction of sp³-hybridized carbons (Fsp3) is 0.174. The number of carbonyl (C=O) groups excluding carboxylic acids is 1. The van der Waals surface area contributed by atoms with Crippen LogP contribution in [-0.2, 0) is 6.54 Å². The Kier molecular flexibility index (Phi) is 6.68. The van der Waals surface area contributed by atoms with Gasteiger partial charge in [-0.2, -0.15) is 0 Å². The van der Waals surface area contributed by atoms with Gasteiger partial charge in [0.15, 0.2) is 0 Å². The predicted octanol–water partition coefficient (Wildman–Crippen LogP) is 4.74. The Morgan fingerprint density at radius 1 is 1.07 bits per heavy atom. The average Bonchev–Trinajstić information content (AvgIpc) is 2.73. The summed E-state index contributed by atoms with van der Waals surface area (Å²) in [5.41, 5.74) is 3.15. The molecular formula is C23H23FN4O. The van der Waals surface area contributed by atoms with E-state index in [4.69, 9.17) is 0 Å². The molecule has 0 saturated heterocycles. The van der Waals surface area contributed by atoms with E-state index in [2.05, 4.69) is 40.5 Å². The highest BCUT2D eigenvalue weighted by atomic mass is 19.1. The number of nitrogens with one attached hydrogen (secondary N) is 2. The number of hydrogen-bond acceptors (Lipinski definition) is 3. The van der Waals surface area contributed by atoms with Gasteiger partial charge < -0.3 is 5.32 Å². The second-order valence-electron chi connectivity index (χ2n) is 6.89. The molecule has 1 aromatic heterocycles. The lowest BCUT2D eigenvalue weighted by atomic mass is 10.0. The zero-order valence-corrected chi connectivity index (χ0v) is 16.4. The molecule has 6 heteroatoms. The molecule has 0 spiro atoms. The van der Waals surface area contributed by atoms with Crippen LogP contribution in [0.2, 0.25) is 0 Å². The third-order valence-corrected chi connectivity index (χ3v) is 4.30. The van der Waals surface area contributed by atoms with Gasteiger partial charge in [0.2, 0.25) is 5.96 Å². The molecule has 0 saturated carbocycles. The average molecular weight is 390 g/mol. The van der Waals surface area contributed by atoms with Crippen LogP contribution in [0.4, 0.5) is 10.1 Å². The summed E-state index contributed by atoms with van der Waals surface area (Å²) in [5, 5.41) is 5.91. The summed E-state index contributed by atoms with van der Waals surface area (Å²) < 4.78 is 13.5. The monoisotopic (exact) mass is 390 g/mol. The molecule has 0 fully saturated rings. The molecule has 0 aliphatic carbocycles. The van der Waals surface area contributed by atoms with Crippen LogP contribution in [0.15, 0.2) is 78.0 Å². The molecule has 2 aromatic carbocycles. The second kappa shape index (κ2) is 9.59. The van der Waals surface area contributed by atoms with Crippen LogP contribution in [0, 0.1) is 5.82 Å². The van der Waals surface area contributed by atoms with Gasteiger partial charge in [0.05, 0.1) is 6.54 Å². The van der Waals surface area contributed by atoms with E-state index in [1.807, 2.05) is 30.3 Å². The topological polar surface area (TPSA) is 66.4 Å². The van der Waals surface area contributed by atoms with E-state index >= 15 is 0 Å². The van der Waals surface area contributed by atoms with Crippen LogP contribution in [0.25, 0.3) is 0 Å². The number of nitrogens with zero attached hydrogens (tertiary/aromatic N) is 2. The number of hydrogen-bond donors (Lipinski definition) is 2. The van der Waals surface area contributed by atoms with Gasteiger partial charge in [0.25, 0.3) is 5.91 Å². The zero-order chi connectivity index (χ0) is 20.6. The van der Waals surface area contributed by atoms with Crippen LogP contribution in [0.1, 0.15) is 41.3 Å². The molecule has 2 N–H and O–H groups in total. The van der Waals surface area contributed by atoms with E-state index in [-0.39, 0.29) is 11.5 Å². The van der Waals surface area contributed by atoms with E-state index in [1.165, 1.54) is 23.8 Å². The molecule has 3 aromatic rings. The summed E-state index contributed by atoms with van der Waals surface area (Å²) in [4.78, 5) is 21.1. The third-order valence-electron chi connectivity index (χ3n) is 4.30. The van der Waals surface area contributed by atoms with Crippen molar-refractivity contribution >= 4 is 17.6 Å². The first-order valence-corrected chi connectivity index (χ1v) is 9.38. The van der Waals surface area contributed by atoms with Crippen molar-refractivity contribution in [3.05, 3.63) is 95.6 Å². The van der Waals surface area contributed by atoms with Gasteiger partial charge in [0.1, 0.15) is 5.82 Å². The molecule has 5 nitrogen and oxygen atoms in total. The zero-order valence-electron chi connectivity index (χ0n) is 16.4. The van der Waals surface area contributed by atoms with Crippen molar-refractivity contribution in [2.24, 2.45) is 4.99 Å². The SMILES string of the molecule is CC(C)c1cccc(NC(=NCc2ccncc2)NC(=O)c2cccc(F)c2)c1. The number of aliphatic imine (C=N–C) groups is 1. The van der Waals surface area contributed by atoms with Gasteiger partial charge in [-0.25, -0.2) is 9.38 Å². The minimum absolute atomic E-state index is 0.222. The Labute approximate surface area is 169 Å². The molecule has 3 rings (SSSR count). The number of anilines is 1. The molecule has 1 amide bonds. The molecule has 0 aliphatic heterocycles. The van der Waals surface area contributed by atoms with Gasteiger partial charge in [0, 0.05) is 23.6 Å². The quantitative estimate of drug-likeness (QED) is 0.488. The Bertz CT molecular complexity index is 1000. The Morgan fingerprint density at radius 3 is 2.55 bits per heavy atom. The van der Waals surface area contributed by atoms with Crippen LogP contribution < -0.4 is 10.6 Å². The molecule has 148 valence electrons. The summed E-state index contributed by atoms with van der Waals surface area (Å²) in [5.74, 6) is -0.246. The van der Waals surface area contributed by atoms with Gasteiger partial charge in [-0.3, -0.25) is 15.1 Å². The molecule has 0 unspecified atom stereocenters. The number of carbonyl (C=O) groups is 1. The number of guanidine groups is 1. The van der Waals surface area contributed by atoms with Crippen LogP contribution in [-0.4, -0.2) is 16.9 Å². The molecule has 0 aliphatic rings. The van der Waals surface area contributed by atoms with Crippen molar-refractivity contribution in [3.8, 4) is 0 Å². The number of pyridine rings is 1. The first-order valence-electron chi connectivity index (χ1n) is 9.38. The molecule has 0 atom stereocenters. The lowest BCUT2D eigenvalue weighted by molar-refractivity contribution is 0.0976. The van der Waals surface area contributed by atoms with Crippen LogP contribution >= 0.6 is 0 Å². The predicted molar refractivity (Wildman–Crippen MR) is 113 cm³/mol. The van der Waals surface area contributed by atoms with Gasteiger partial charge in [-0.05, 0) is 59.5 Å². The highest BCUT2D eigenvalue weighted by molar-refractivity contribution is 6.09. The summed E-state index contributed by atoms with van der Waals surface area (Å²) in [6.45, 7) is 4.59. The number of rotatable bonds is 5. The van der Waals surface area contributed by atoms with Crippen molar-refractivity contribution < 1.29 is 9.18 Å². The number of amides is 1. The number of halogens is 1. The lowest BCUT2D eigenvalue weighted by Gasteiger charge is -2.14. The van der Waals surface area contributed by atoms with Crippen LogP contribution in [0.5, 0.6) is 0 Å². The minimum Gasteiger partial charge on any atom is -0.326 e. The third kappa shape index (κ3) is 5.97. The molecule has 29 heavy (non-hydrogen) atoms. The molecule has 0 bridgehead atoms. The van der Waals surface area contributed by atoms with E-state index < -0.39 is 11.7 Å². The largest absolute Gasteiger partial charge is 0.326 e. The summed E-state index contributed by atoms with van der Waals surface area (Å²) >= 11 is 0. The smallest absolute Gasteiger partial charge is 0.258 e. The lowest BCUT2D eigenvalue weighted by Crippen LogP contribution is -2.36. The van der Waals surface area contributed by atoms with Gasteiger partial charge >= 0.3 is 0 Å². The first-order chi connectivity index (χ1) is 14.0. The maximum atomic E-state index is 13.5. The Hall–Kier alpha value is -3.54. The van der Waals surface area contributed by atoms with Crippen molar-refractivity contribution in [1.82, 2.24) is 10.3 Å². The second-order valence-corrected chi connectivity index (χ2v) is 6.89.